The maximum atomic E-state index is 9.26. The van der Waals surface area contributed by atoms with Crippen molar-refractivity contribution >= 4 is 0 Å². The molecule has 140 valence electrons. The molecule has 0 spiro atoms. The van der Waals surface area contributed by atoms with Crippen molar-refractivity contribution in [3.63, 3.8) is 0 Å². The number of hydrogen-bond acceptors (Lipinski definition) is 1. The van der Waals surface area contributed by atoms with Gasteiger partial charge in [-0.25, -0.2) is 0 Å². The van der Waals surface area contributed by atoms with E-state index in [4.69, 9.17) is 0 Å². The van der Waals surface area contributed by atoms with Gasteiger partial charge >= 0.3 is 0 Å². The zero-order valence-electron chi connectivity index (χ0n) is 16.4. The quantitative estimate of drug-likeness (QED) is 0.613. The molecular formula is C23H42O. The van der Waals surface area contributed by atoms with Crippen LogP contribution in [0.3, 0.4) is 0 Å². The SMILES string of the molecule is CCC1CC(CCO)CCC1C1CCC(C2CCC(C)CC2)CC1. The second-order valence-corrected chi connectivity index (χ2v) is 9.72. The predicted molar refractivity (Wildman–Crippen MR) is 103 cm³/mol. The van der Waals surface area contributed by atoms with Crippen molar-refractivity contribution in [2.75, 3.05) is 6.61 Å². The van der Waals surface area contributed by atoms with E-state index in [1.165, 1.54) is 77.0 Å². The van der Waals surface area contributed by atoms with E-state index in [2.05, 4.69) is 13.8 Å². The van der Waals surface area contributed by atoms with Gasteiger partial charge in [0.2, 0.25) is 0 Å². The van der Waals surface area contributed by atoms with Gasteiger partial charge in [0.05, 0.1) is 0 Å². The molecule has 1 nitrogen and oxygen atoms in total. The first-order valence-electron chi connectivity index (χ1n) is 11.3. The van der Waals surface area contributed by atoms with Gasteiger partial charge in [-0.2, -0.15) is 0 Å². The van der Waals surface area contributed by atoms with Crippen LogP contribution in [0.1, 0.15) is 97.3 Å². The molecule has 0 heterocycles. The number of hydrogen-bond donors (Lipinski definition) is 1. The van der Waals surface area contributed by atoms with E-state index in [0.717, 1.165) is 47.8 Å². The van der Waals surface area contributed by atoms with Gasteiger partial charge in [-0.3, -0.25) is 0 Å². The Labute approximate surface area is 151 Å². The van der Waals surface area contributed by atoms with Crippen molar-refractivity contribution in [1.82, 2.24) is 0 Å². The van der Waals surface area contributed by atoms with Crippen molar-refractivity contribution in [2.24, 2.45) is 41.4 Å². The van der Waals surface area contributed by atoms with Crippen molar-refractivity contribution in [3.8, 4) is 0 Å². The van der Waals surface area contributed by atoms with Crippen molar-refractivity contribution in [1.29, 1.82) is 0 Å². The normalized spacial score (nSPS) is 44.4. The van der Waals surface area contributed by atoms with Gasteiger partial charge < -0.3 is 5.11 Å². The molecule has 0 aliphatic heterocycles. The highest BCUT2D eigenvalue weighted by molar-refractivity contribution is 4.88. The lowest BCUT2D eigenvalue weighted by Crippen LogP contribution is -2.34. The molecule has 0 aromatic carbocycles. The van der Waals surface area contributed by atoms with Crippen molar-refractivity contribution < 1.29 is 5.11 Å². The summed E-state index contributed by atoms with van der Waals surface area (Å²) in [7, 11) is 0. The monoisotopic (exact) mass is 334 g/mol. The van der Waals surface area contributed by atoms with Crippen LogP contribution >= 0.6 is 0 Å². The maximum absolute atomic E-state index is 9.26. The smallest absolute Gasteiger partial charge is 0.0433 e. The summed E-state index contributed by atoms with van der Waals surface area (Å²) in [6, 6.07) is 0. The predicted octanol–water partition coefficient (Wildman–Crippen LogP) is 6.44. The van der Waals surface area contributed by atoms with Gasteiger partial charge in [0, 0.05) is 6.61 Å². The van der Waals surface area contributed by atoms with Gasteiger partial charge in [0.25, 0.3) is 0 Å². The Morgan fingerprint density at radius 3 is 1.92 bits per heavy atom. The molecule has 24 heavy (non-hydrogen) atoms. The fourth-order valence-electron chi connectivity index (χ4n) is 6.72. The van der Waals surface area contributed by atoms with Crippen LogP contribution in [0.15, 0.2) is 0 Å². The molecular weight excluding hydrogens is 292 g/mol. The molecule has 3 rings (SSSR count). The first-order chi connectivity index (χ1) is 11.7. The third kappa shape index (κ3) is 4.57. The fourth-order valence-corrected chi connectivity index (χ4v) is 6.72. The highest BCUT2D eigenvalue weighted by Crippen LogP contribution is 2.48. The summed E-state index contributed by atoms with van der Waals surface area (Å²) in [6.45, 7) is 5.26. The molecule has 3 aliphatic carbocycles. The Morgan fingerprint density at radius 1 is 0.750 bits per heavy atom. The molecule has 1 N–H and O–H groups in total. The third-order valence-electron chi connectivity index (χ3n) is 8.36. The summed E-state index contributed by atoms with van der Waals surface area (Å²) in [5.41, 5.74) is 0. The molecule has 3 unspecified atom stereocenters. The Balaban J connectivity index is 1.47. The molecule has 0 radical (unpaired) electrons. The van der Waals surface area contributed by atoms with Gasteiger partial charge in [-0.05, 0) is 99.2 Å². The summed E-state index contributed by atoms with van der Waals surface area (Å²) >= 11 is 0. The van der Waals surface area contributed by atoms with Crippen LogP contribution in [-0.2, 0) is 0 Å². The standard InChI is InChI=1S/C23H42O/c1-3-19-16-18(14-15-24)6-13-23(19)22-11-9-21(10-12-22)20-7-4-17(2)5-8-20/h17-24H,3-16H2,1-2H3. The Hall–Kier alpha value is -0.0400. The summed E-state index contributed by atoms with van der Waals surface area (Å²) < 4.78 is 0. The first-order valence-corrected chi connectivity index (χ1v) is 11.3. The van der Waals surface area contributed by atoms with Crippen LogP contribution in [0, 0.1) is 41.4 Å². The van der Waals surface area contributed by atoms with Crippen molar-refractivity contribution in [3.05, 3.63) is 0 Å². The molecule has 3 atom stereocenters. The molecule has 3 saturated carbocycles. The number of rotatable bonds is 5. The second kappa shape index (κ2) is 9.06. The Bertz CT molecular complexity index is 349. The minimum absolute atomic E-state index is 0.400. The Kier molecular flexibility index (Phi) is 7.07. The largest absolute Gasteiger partial charge is 0.396 e. The van der Waals surface area contributed by atoms with Crippen molar-refractivity contribution in [2.45, 2.75) is 97.3 Å². The molecule has 0 bridgehead atoms. The molecule has 0 aromatic rings. The van der Waals surface area contributed by atoms with E-state index in [1.54, 1.807) is 0 Å². The first kappa shape index (κ1) is 18.7. The van der Waals surface area contributed by atoms with Crippen LogP contribution in [0.4, 0.5) is 0 Å². The lowest BCUT2D eigenvalue weighted by Gasteiger charge is -2.44. The summed E-state index contributed by atoms with van der Waals surface area (Å²) in [4.78, 5) is 0. The Morgan fingerprint density at radius 2 is 1.33 bits per heavy atom. The molecule has 0 aromatic heterocycles. The second-order valence-electron chi connectivity index (χ2n) is 9.72. The van der Waals surface area contributed by atoms with Gasteiger partial charge in [-0.1, -0.05) is 39.5 Å². The molecule has 0 saturated heterocycles. The topological polar surface area (TPSA) is 20.2 Å². The number of aliphatic hydroxyl groups excluding tert-OH is 1. The van der Waals surface area contributed by atoms with Gasteiger partial charge in [0.1, 0.15) is 0 Å². The summed E-state index contributed by atoms with van der Waals surface area (Å²) in [5, 5.41) is 9.26. The lowest BCUT2D eigenvalue weighted by atomic mass is 9.61. The van der Waals surface area contributed by atoms with E-state index in [0.29, 0.717) is 6.61 Å². The third-order valence-corrected chi connectivity index (χ3v) is 8.36. The van der Waals surface area contributed by atoms with E-state index >= 15 is 0 Å². The van der Waals surface area contributed by atoms with Crippen LogP contribution < -0.4 is 0 Å². The van der Waals surface area contributed by atoms with E-state index in [9.17, 15) is 5.11 Å². The minimum Gasteiger partial charge on any atom is -0.396 e. The van der Waals surface area contributed by atoms with Gasteiger partial charge in [0.15, 0.2) is 0 Å². The van der Waals surface area contributed by atoms with Crippen LogP contribution in [0.2, 0.25) is 0 Å². The highest BCUT2D eigenvalue weighted by Gasteiger charge is 2.37. The zero-order valence-corrected chi connectivity index (χ0v) is 16.4. The summed E-state index contributed by atoms with van der Waals surface area (Å²) in [6.07, 6.45) is 18.9. The fraction of sp³-hybridized carbons (Fsp3) is 1.00. The van der Waals surface area contributed by atoms with E-state index in [1.807, 2.05) is 0 Å². The molecule has 3 fully saturated rings. The number of aliphatic hydroxyl groups is 1. The zero-order chi connectivity index (χ0) is 16.9. The highest BCUT2D eigenvalue weighted by atomic mass is 16.3. The van der Waals surface area contributed by atoms with E-state index < -0.39 is 0 Å². The van der Waals surface area contributed by atoms with Gasteiger partial charge in [-0.15, -0.1) is 0 Å². The van der Waals surface area contributed by atoms with E-state index in [-0.39, 0.29) is 0 Å². The van der Waals surface area contributed by atoms with Crippen LogP contribution in [0.25, 0.3) is 0 Å². The lowest BCUT2D eigenvalue weighted by molar-refractivity contribution is 0.0618. The van der Waals surface area contributed by atoms with Crippen LogP contribution in [-0.4, -0.2) is 11.7 Å². The summed E-state index contributed by atoms with van der Waals surface area (Å²) in [5.74, 6) is 6.95. The maximum Gasteiger partial charge on any atom is 0.0433 e. The molecule has 1 heteroatoms. The average Bonchev–Trinajstić information content (AvgIpc) is 2.63. The molecule has 3 aliphatic rings. The average molecular weight is 335 g/mol. The van der Waals surface area contributed by atoms with Crippen LogP contribution in [0.5, 0.6) is 0 Å². The minimum atomic E-state index is 0.400. The molecule has 0 amide bonds.